The van der Waals surface area contributed by atoms with Crippen molar-refractivity contribution in [1.82, 2.24) is 0 Å². The van der Waals surface area contributed by atoms with Crippen molar-refractivity contribution in [2.75, 3.05) is 0 Å². The van der Waals surface area contributed by atoms with Crippen molar-refractivity contribution >= 4 is 0 Å². The molecule has 1 aromatic rings. The van der Waals surface area contributed by atoms with Crippen molar-refractivity contribution < 1.29 is 13.2 Å². The molecule has 84 valence electrons. The first-order chi connectivity index (χ1) is 6.91. The van der Waals surface area contributed by atoms with Gasteiger partial charge in [-0.15, -0.1) is 0 Å². The smallest absolute Gasteiger partial charge is 0.163 e. The largest absolute Gasteiger partial charge is 0.324 e. The molecule has 0 amide bonds. The van der Waals surface area contributed by atoms with Crippen LogP contribution in [0.2, 0.25) is 0 Å². The van der Waals surface area contributed by atoms with Gasteiger partial charge < -0.3 is 5.73 Å². The van der Waals surface area contributed by atoms with Gasteiger partial charge in [-0.1, -0.05) is 13.8 Å². The summed E-state index contributed by atoms with van der Waals surface area (Å²) in [5.74, 6) is -2.80. The predicted octanol–water partition coefficient (Wildman–Crippen LogP) is 3.15. The molecule has 4 heteroatoms. The summed E-state index contributed by atoms with van der Waals surface area (Å²) < 4.78 is 39.0. The fourth-order valence-corrected chi connectivity index (χ4v) is 1.48. The molecule has 1 nitrogen and oxygen atoms in total. The van der Waals surface area contributed by atoms with E-state index in [1.807, 2.05) is 13.8 Å². The van der Waals surface area contributed by atoms with E-state index < -0.39 is 23.5 Å². The molecule has 2 N–H and O–H groups in total. The summed E-state index contributed by atoms with van der Waals surface area (Å²) >= 11 is 0. The predicted molar refractivity (Wildman–Crippen MR) is 52.7 cm³/mol. The Kier molecular flexibility index (Phi) is 3.74. The summed E-state index contributed by atoms with van der Waals surface area (Å²) in [5, 5.41) is 0. The van der Waals surface area contributed by atoms with Crippen LogP contribution in [0.1, 0.15) is 31.9 Å². The third-order valence-corrected chi connectivity index (χ3v) is 2.15. The highest BCUT2D eigenvalue weighted by Gasteiger charge is 2.17. The van der Waals surface area contributed by atoms with Crippen molar-refractivity contribution in [2.45, 2.75) is 26.3 Å². The van der Waals surface area contributed by atoms with Crippen LogP contribution < -0.4 is 5.73 Å². The average molecular weight is 217 g/mol. The van der Waals surface area contributed by atoms with E-state index in [4.69, 9.17) is 5.73 Å². The second kappa shape index (κ2) is 4.66. The Morgan fingerprint density at radius 3 is 2.33 bits per heavy atom. The minimum atomic E-state index is -1.19. The molecule has 1 atom stereocenters. The minimum absolute atomic E-state index is 0.0961. The maximum atomic E-state index is 13.3. The minimum Gasteiger partial charge on any atom is -0.324 e. The fourth-order valence-electron chi connectivity index (χ4n) is 1.48. The number of nitrogens with two attached hydrogens (primary N) is 1. The summed E-state index contributed by atoms with van der Waals surface area (Å²) in [5.41, 5.74) is 5.57. The number of benzene rings is 1. The molecule has 0 radical (unpaired) electrons. The van der Waals surface area contributed by atoms with Crippen LogP contribution in [0.3, 0.4) is 0 Å². The molecule has 0 spiro atoms. The van der Waals surface area contributed by atoms with Gasteiger partial charge in [0.05, 0.1) is 0 Å². The highest BCUT2D eigenvalue weighted by Crippen LogP contribution is 2.24. The first-order valence-electron chi connectivity index (χ1n) is 4.81. The zero-order chi connectivity index (χ0) is 11.6. The van der Waals surface area contributed by atoms with E-state index >= 15 is 0 Å². The van der Waals surface area contributed by atoms with Crippen LogP contribution in [-0.2, 0) is 0 Å². The molecule has 0 saturated heterocycles. The van der Waals surface area contributed by atoms with Gasteiger partial charge in [0.25, 0.3) is 0 Å². The molecule has 15 heavy (non-hydrogen) atoms. The zero-order valence-electron chi connectivity index (χ0n) is 8.73. The second-order valence-corrected chi connectivity index (χ2v) is 4.03. The quantitative estimate of drug-likeness (QED) is 0.773. The third-order valence-electron chi connectivity index (χ3n) is 2.15. The van der Waals surface area contributed by atoms with Gasteiger partial charge in [0.1, 0.15) is 5.82 Å². The number of hydrogen-bond donors (Lipinski definition) is 1. The molecule has 0 aliphatic rings. The lowest BCUT2D eigenvalue weighted by Crippen LogP contribution is -2.15. The molecule has 0 aliphatic heterocycles. The van der Waals surface area contributed by atoms with E-state index in [0.29, 0.717) is 12.5 Å². The maximum absolute atomic E-state index is 13.3. The first-order valence-corrected chi connectivity index (χ1v) is 4.81. The second-order valence-electron chi connectivity index (χ2n) is 4.03. The molecule has 0 aliphatic carbocycles. The van der Waals surface area contributed by atoms with Crippen molar-refractivity contribution in [2.24, 2.45) is 11.7 Å². The topological polar surface area (TPSA) is 26.0 Å². The van der Waals surface area contributed by atoms with Crippen molar-refractivity contribution in [3.8, 4) is 0 Å². The first kappa shape index (κ1) is 12.0. The Morgan fingerprint density at radius 1 is 1.20 bits per heavy atom. The average Bonchev–Trinajstić information content (AvgIpc) is 2.09. The van der Waals surface area contributed by atoms with Gasteiger partial charge in [-0.05, 0) is 18.4 Å². The molecule has 1 rings (SSSR count). The molecular formula is C11H14F3N. The number of halogens is 3. The van der Waals surface area contributed by atoms with Crippen LogP contribution in [0.15, 0.2) is 12.1 Å². The summed E-state index contributed by atoms with van der Waals surface area (Å²) in [7, 11) is 0. The van der Waals surface area contributed by atoms with Gasteiger partial charge in [0.2, 0.25) is 0 Å². The number of hydrogen-bond acceptors (Lipinski definition) is 1. The molecular weight excluding hydrogens is 203 g/mol. The maximum Gasteiger partial charge on any atom is 0.163 e. The zero-order valence-corrected chi connectivity index (χ0v) is 8.73. The van der Waals surface area contributed by atoms with Crippen LogP contribution in [0.5, 0.6) is 0 Å². The van der Waals surface area contributed by atoms with Crippen LogP contribution in [0.4, 0.5) is 13.2 Å². The lowest BCUT2D eigenvalue weighted by atomic mass is 9.97. The standard InChI is InChI=1S/C11H14F3N/c1-6(2)3-10(15)8-4-7(12)5-9(13)11(8)14/h4-6,10H,3,15H2,1-2H3/t10-/m1/s1. The Hall–Kier alpha value is -1.03. The highest BCUT2D eigenvalue weighted by molar-refractivity contribution is 5.23. The van der Waals surface area contributed by atoms with Crippen molar-refractivity contribution in [3.05, 3.63) is 35.1 Å². The van der Waals surface area contributed by atoms with Gasteiger partial charge >= 0.3 is 0 Å². The molecule has 0 fully saturated rings. The monoisotopic (exact) mass is 217 g/mol. The third kappa shape index (κ3) is 2.96. The fraction of sp³-hybridized carbons (Fsp3) is 0.455. The molecule has 0 aromatic heterocycles. The Morgan fingerprint density at radius 2 is 1.80 bits per heavy atom. The lowest BCUT2D eigenvalue weighted by Gasteiger charge is -2.15. The van der Waals surface area contributed by atoms with E-state index in [1.54, 1.807) is 0 Å². The summed E-state index contributed by atoms with van der Waals surface area (Å²) in [6.45, 7) is 3.82. The van der Waals surface area contributed by atoms with Crippen LogP contribution in [-0.4, -0.2) is 0 Å². The van der Waals surface area contributed by atoms with Crippen LogP contribution >= 0.6 is 0 Å². The van der Waals surface area contributed by atoms with E-state index in [0.717, 1.165) is 6.07 Å². The van der Waals surface area contributed by atoms with E-state index in [1.165, 1.54) is 0 Å². The summed E-state index contributed by atoms with van der Waals surface area (Å²) in [4.78, 5) is 0. The van der Waals surface area contributed by atoms with E-state index in [9.17, 15) is 13.2 Å². The number of rotatable bonds is 3. The van der Waals surface area contributed by atoms with Gasteiger partial charge in [-0.3, -0.25) is 0 Å². The summed E-state index contributed by atoms with van der Waals surface area (Å²) in [6, 6.07) is 0.794. The molecule has 0 unspecified atom stereocenters. The molecule has 0 heterocycles. The lowest BCUT2D eigenvalue weighted by molar-refractivity contribution is 0.449. The van der Waals surface area contributed by atoms with Gasteiger partial charge in [0, 0.05) is 17.7 Å². The highest BCUT2D eigenvalue weighted by atomic mass is 19.2. The molecule has 0 saturated carbocycles. The molecule has 0 bridgehead atoms. The Labute approximate surface area is 87.1 Å². The molecule has 1 aromatic carbocycles. The Balaban J connectivity index is 3.02. The van der Waals surface area contributed by atoms with Crippen LogP contribution in [0, 0.1) is 23.4 Å². The Bertz CT molecular complexity index is 350. The van der Waals surface area contributed by atoms with E-state index in [-0.39, 0.29) is 11.5 Å². The van der Waals surface area contributed by atoms with Gasteiger partial charge in [0.15, 0.2) is 11.6 Å². The normalized spacial score (nSPS) is 13.3. The van der Waals surface area contributed by atoms with Gasteiger partial charge in [-0.2, -0.15) is 0 Å². The van der Waals surface area contributed by atoms with Crippen molar-refractivity contribution in [1.29, 1.82) is 0 Å². The SMILES string of the molecule is CC(C)C[C@@H](N)c1cc(F)cc(F)c1F. The van der Waals surface area contributed by atoms with Gasteiger partial charge in [-0.25, -0.2) is 13.2 Å². The van der Waals surface area contributed by atoms with Crippen LogP contribution in [0.25, 0.3) is 0 Å². The van der Waals surface area contributed by atoms with Crippen molar-refractivity contribution in [3.63, 3.8) is 0 Å². The van der Waals surface area contributed by atoms with E-state index in [2.05, 4.69) is 0 Å². The summed E-state index contributed by atoms with van der Waals surface area (Å²) in [6.07, 6.45) is 0.486.